The third kappa shape index (κ3) is 5.04. The fraction of sp³-hybridized carbons (Fsp3) is 0.235. The van der Waals surface area contributed by atoms with Gasteiger partial charge in [-0.2, -0.15) is 4.72 Å². The molecule has 0 aliphatic carbocycles. The van der Waals surface area contributed by atoms with E-state index in [2.05, 4.69) is 26.0 Å². The summed E-state index contributed by atoms with van der Waals surface area (Å²) in [4.78, 5) is 12.3. The molecule has 0 fully saturated rings. The summed E-state index contributed by atoms with van der Waals surface area (Å²) in [7, 11) is -2.31. The summed E-state index contributed by atoms with van der Waals surface area (Å²) in [6.45, 7) is 3.39. The van der Waals surface area contributed by atoms with Crippen LogP contribution in [0.5, 0.6) is 5.75 Å². The fourth-order valence-corrected chi connectivity index (χ4v) is 3.53. The number of amides is 1. The number of halogens is 1. The van der Waals surface area contributed by atoms with Crippen molar-refractivity contribution in [1.29, 1.82) is 0 Å². The molecule has 2 rings (SSSR count). The lowest BCUT2D eigenvalue weighted by molar-refractivity contribution is -0.117. The molecule has 0 radical (unpaired) electrons. The van der Waals surface area contributed by atoms with Gasteiger partial charge in [-0.1, -0.05) is 15.9 Å². The highest BCUT2D eigenvalue weighted by molar-refractivity contribution is 9.10. The van der Waals surface area contributed by atoms with Crippen LogP contribution in [0.3, 0.4) is 0 Å². The average Bonchev–Trinajstić information content (AvgIpc) is 2.57. The molecule has 0 unspecified atom stereocenters. The summed E-state index contributed by atoms with van der Waals surface area (Å²) in [6.07, 6.45) is 0. The lowest BCUT2D eigenvalue weighted by Gasteiger charge is -2.15. The summed E-state index contributed by atoms with van der Waals surface area (Å²) in [5.41, 5.74) is 1.56. The monoisotopic (exact) mass is 426 g/mol. The van der Waals surface area contributed by atoms with Gasteiger partial charge in [-0.25, -0.2) is 8.42 Å². The summed E-state index contributed by atoms with van der Waals surface area (Å²) in [6, 6.07) is 10.3. The van der Waals surface area contributed by atoms with Crippen molar-refractivity contribution in [3.8, 4) is 5.75 Å². The summed E-state index contributed by atoms with van der Waals surface area (Å²) >= 11 is 3.39. The van der Waals surface area contributed by atoms with Crippen molar-refractivity contribution in [2.75, 3.05) is 12.4 Å². The SMILES string of the molecule is COc1ccc(S(=O)(=O)N[C@@H](C)C(=O)Nc2ccc(Br)c(C)c2)cc1. The molecule has 134 valence electrons. The Hall–Kier alpha value is -1.90. The van der Waals surface area contributed by atoms with Gasteiger partial charge in [0.2, 0.25) is 15.9 Å². The van der Waals surface area contributed by atoms with Gasteiger partial charge in [0.1, 0.15) is 5.75 Å². The van der Waals surface area contributed by atoms with Gasteiger partial charge >= 0.3 is 0 Å². The molecule has 0 aliphatic heterocycles. The molecule has 2 N–H and O–H groups in total. The Morgan fingerprint density at radius 2 is 1.80 bits per heavy atom. The van der Waals surface area contributed by atoms with Gasteiger partial charge in [0.05, 0.1) is 18.0 Å². The van der Waals surface area contributed by atoms with Crippen LogP contribution in [0.2, 0.25) is 0 Å². The molecule has 1 atom stereocenters. The zero-order valence-electron chi connectivity index (χ0n) is 14.0. The van der Waals surface area contributed by atoms with Crippen LogP contribution in [-0.2, 0) is 14.8 Å². The minimum atomic E-state index is -3.81. The van der Waals surface area contributed by atoms with Crippen molar-refractivity contribution in [1.82, 2.24) is 4.72 Å². The molecule has 0 saturated carbocycles. The number of hydrogen-bond acceptors (Lipinski definition) is 4. The number of methoxy groups -OCH3 is 1. The Balaban J connectivity index is 2.07. The van der Waals surface area contributed by atoms with Crippen molar-refractivity contribution >= 4 is 37.5 Å². The number of rotatable bonds is 6. The Kier molecular flexibility index (Phi) is 6.21. The molecule has 6 nitrogen and oxygen atoms in total. The maximum Gasteiger partial charge on any atom is 0.242 e. The standard InChI is InChI=1S/C17H19BrN2O4S/c1-11-10-13(4-9-16(11)18)19-17(21)12(2)20-25(22,23)15-7-5-14(24-3)6-8-15/h4-10,12,20H,1-3H3,(H,19,21)/t12-/m0/s1. The lowest BCUT2D eigenvalue weighted by atomic mass is 10.2. The third-order valence-corrected chi connectivity index (χ3v) is 5.97. The van der Waals surface area contributed by atoms with Crippen LogP contribution in [0.25, 0.3) is 0 Å². The molecular weight excluding hydrogens is 408 g/mol. The van der Waals surface area contributed by atoms with E-state index in [0.29, 0.717) is 11.4 Å². The van der Waals surface area contributed by atoms with E-state index in [0.717, 1.165) is 10.0 Å². The predicted octanol–water partition coefficient (Wildman–Crippen LogP) is 3.07. The van der Waals surface area contributed by atoms with Crippen molar-refractivity contribution in [2.24, 2.45) is 0 Å². The highest BCUT2D eigenvalue weighted by atomic mass is 79.9. The number of carbonyl (C=O) groups is 1. The highest BCUT2D eigenvalue weighted by Gasteiger charge is 2.22. The van der Waals surface area contributed by atoms with Crippen LogP contribution in [-0.4, -0.2) is 27.5 Å². The summed E-state index contributed by atoms with van der Waals surface area (Å²) in [5, 5.41) is 2.70. The van der Waals surface area contributed by atoms with Crippen LogP contribution in [0.1, 0.15) is 12.5 Å². The first-order chi connectivity index (χ1) is 11.7. The van der Waals surface area contributed by atoms with Crippen molar-refractivity contribution < 1.29 is 17.9 Å². The number of ether oxygens (including phenoxy) is 1. The molecule has 2 aromatic carbocycles. The number of benzene rings is 2. The Labute approximate surface area is 155 Å². The van der Waals surface area contributed by atoms with E-state index in [1.54, 1.807) is 24.3 Å². The molecule has 0 saturated heterocycles. The van der Waals surface area contributed by atoms with Gasteiger partial charge in [-0.05, 0) is 61.9 Å². The van der Waals surface area contributed by atoms with Crippen molar-refractivity contribution in [2.45, 2.75) is 24.8 Å². The van der Waals surface area contributed by atoms with E-state index in [1.165, 1.54) is 26.2 Å². The van der Waals surface area contributed by atoms with Crippen LogP contribution in [0.4, 0.5) is 5.69 Å². The Bertz CT molecular complexity index is 867. The molecular formula is C17H19BrN2O4S. The highest BCUT2D eigenvalue weighted by Crippen LogP contribution is 2.20. The average molecular weight is 427 g/mol. The first kappa shape index (κ1) is 19.4. The first-order valence-corrected chi connectivity index (χ1v) is 9.74. The van der Waals surface area contributed by atoms with Crippen LogP contribution in [0.15, 0.2) is 51.8 Å². The lowest BCUT2D eigenvalue weighted by Crippen LogP contribution is -2.41. The largest absolute Gasteiger partial charge is 0.497 e. The number of carbonyl (C=O) groups excluding carboxylic acids is 1. The number of nitrogens with one attached hydrogen (secondary N) is 2. The predicted molar refractivity (Wildman–Crippen MR) is 100 cm³/mol. The zero-order valence-corrected chi connectivity index (χ0v) is 16.4. The number of hydrogen-bond donors (Lipinski definition) is 2. The van der Waals surface area contributed by atoms with Crippen molar-refractivity contribution in [3.05, 3.63) is 52.5 Å². The smallest absolute Gasteiger partial charge is 0.242 e. The minimum absolute atomic E-state index is 0.0624. The van der Waals surface area contributed by atoms with Gasteiger partial charge in [-0.15, -0.1) is 0 Å². The maximum absolute atomic E-state index is 12.4. The van der Waals surface area contributed by atoms with E-state index >= 15 is 0 Å². The van der Waals surface area contributed by atoms with Gasteiger partial charge in [0.15, 0.2) is 0 Å². The second kappa shape index (κ2) is 7.99. The van der Waals surface area contributed by atoms with Gasteiger partial charge in [0, 0.05) is 10.2 Å². The topological polar surface area (TPSA) is 84.5 Å². The summed E-state index contributed by atoms with van der Waals surface area (Å²) < 4.78 is 33.0. The molecule has 2 aromatic rings. The normalized spacial score (nSPS) is 12.5. The number of aryl methyl sites for hydroxylation is 1. The van der Waals surface area contributed by atoms with Gasteiger partial charge < -0.3 is 10.1 Å². The second-order valence-corrected chi connectivity index (χ2v) is 8.04. The number of sulfonamides is 1. The molecule has 0 bridgehead atoms. The minimum Gasteiger partial charge on any atom is -0.497 e. The molecule has 1 amide bonds. The third-order valence-electron chi connectivity index (χ3n) is 3.52. The molecule has 8 heteroatoms. The van der Waals surface area contributed by atoms with Crippen LogP contribution >= 0.6 is 15.9 Å². The van der Waals surface area contributed by atoms with Crippen molar-refractivity contribution in [3.63, 3.8) is 0 Å². The van der Waals surface area contributed by atoms with Crippen LogP contribution in [0, 0.1) is 6.92 Å². The molecule has 0 aromatic heterocycles. The molecule has 25 heavy (non-hydrogen) atoms. The number of anilines is 1. The summed E-state index contributed by atoms with van der Waals surface area (Å²) in [5.74, 6) is 0.106. The van der Waals surface area contributed by atoms with E-state index in [9.17, 15) is 13.2 Å². The second-order valence-electron chi connectivity index (χ2n) is 5.47. The van der Waals surface area contributed by atoms with E-state index < -0.39 is 22.0 Å². The molecule has 0 spiro atoms. The van der Waals surface area contributed by atoms with Crippen LogP contribution < -0.4 is 14.8 Å². The Morgan fingerprint density at radius 1 is 1.16 bits per heavy atom. The molecule has 0 heterocycles. The van der Waals surface area contributed by atoms with Gasteiger partial charge in [-0.3, -0.25) is 4.79 Å². The van der Waals surface area contributed by atoms with Gasteiger partial charge in [0.25, 0.3) is 0 Å². The first-order valence-electron chi connectivity index (χ1n) is 7.46. The van der Waals surface area contributed by atoms with E-state index in [-0.39, 0.29) is 4.90 Å². The zero-order chi connectivity index (χ0) is 18.6. The fourth-order valence-electron chi connectivity index (χ4n) is 2.08. The van der Waals surface area contributed by atoms with E-state index in [4.69, 9.17) is 4.74 Å². The molecule has 0 aliphatic rings. The van der Waals surface area contributed by atoms with E-state index in [1.807, 2.05) is 13.0 Å². The quantitative estimate of drug-likeness (QED) is 0.742. The Morgan fingerprint density at radius 3 is 2.36 bits per heavy atom. The maximum atomic E-state index is 12.4.